The minimum atomic E-state index is -0.765. The summed E-state index contributed by atoms with van der Waals surface area (Å²) in [6.45, 7) is 0. The Labute approximate surface area is 147 Å². The van der Waals surface area contributed by atoms with Gasteiger partial charge in [0.25, 0.3) is 5.91 Å². The number of benzene rings is 2. The molecular weight excluding hydrogens is 338 g/mol. The largest absolute Gasteiger partial charge is 0.335 e. The highest BCUT2D eigenvalue weighted by molar-refractivity contribution is 6.04. The van der Waals surface area contributed by atoms with Gasteiger partial charge in [0.2, 0.25) is 0 Å². The average Bonchev–Trinajstić information content (AvgIpc) is 2.66. The maximum Gasteiger partial charge on any atom is 0.255 e. The maximum absolute atomic E-state index is 13.7. The van der Waals surface area contributed by atoms with Crippen molar-refractivity contribution in [2.24, 2.45) is 0 Å². The highest BCUT2D eigenvalue weighted by Gasteiger charge is 2.11. The summed E-state index contributed by atoms with van der Waals surface area (Å²) in [6.07, 6.45) is 1.36. The van der Waals surface area contributed by atoms with Gasteiger partial charge < -0.3 is 10.6 Å². The smallest absolute Gasteiger partial charge is 0.255 e. The van der Waals surface area contributed by atoms with E-state index in [1.807, 2.05) is 6.07 Å². The standard InChI is InChI=1S/C19H12F2N4O/c20-15-2-1-3-16(21)18(15)25-17-10-13(8-9-23-17)19(26)24-14-6-4-12(11-22)5-7-14/h1-10H,(H,23,25)(H,24,26). The third-order valence-corrected chi connectivity index (χ3v) is 3.51. The first-order valence-electron chi connectivity index (χ1n) is 7.55. The highest BCUT2D eigenvalue weighted by atomic mass is 19.1. The molecule has 26 heavy (non-hydrogen) atoms. The Morgan fingerprint density at radius 3 is 2.38 bits per heavy atom. The van der Waals surface area contributed by atoms with Crippen LogP contribution in [0.25, 0.3) is 0 Å². The molecule has 0 atom stereocenters. The van der Waals surface area contributed by atoms with Gasteiger partial charge in [0, 0.05) is 17.4 Å². The molecule has 0 unspecified atom stereocenters. The Morgan fingerprint density at radius 2 is 1.73 bits per heavy atom. The van der Waals surface area contributed by atoms with Gasteiger partial charge in [-0.3, -0.25) is 4.79 Å². The van der Waals surface area contributed by atoms with Gasteiger partial charge in [-0.2, -0.15) is 5.26 Å². The number of hydrogen-bond donors (Lipinski definition) is 2. The molecule has 5 nitrogen and oxygen atoms in total. The molecule has 128 valence electrons. The van der Waals surface area contributed by atoms with Crippen molar-refractivity contribution < 1.29 is 13.6 Å². The maximum atomic E-state index is 13.7. The minimum Gasteiger partial charge on any atom is -0.335 e. The Balaban J connectivity index is 1.78. The molecule has 0 fully saturated rings. The van der Waals surface area contributed by atoms with Crippen LogP contribution in [0.2, 0.25) is 0 Å². The third-order valence-electron chi connectivity index (χ3n) is 3.51. The fraction of sp³-hybridized carbons (Fsp3) is 0. The predicted molar refractivity (Wildman–Crippen MR) is 93.0 cm³/mol. The van der Waals surface area contributed by atoms with Crippen LogP contribution in [0.5, 0.6) is 0 Å². The van der Waals surface area contributed by atoms with Crippen LogP contribution < -0.4 is 10.6 Å². The van der Waals surface area contributed by atoms with Crippen molar-refractivity contribution >= 4 is 23.1 Å². The minimum absolute atomic E-state index is 0.126. The van der Waals surface area contributed by atoms with Crippen molar-refractivity contribution in [3.8, 4) is 6.07 Å². The molecule has 2 aromatic carbocycles. The molecule has 0 spiro atoms. The number of pyridine rings is 1. The number of halogens is 2. The summed E-state index contributed by atoms with van der Waals surface area (Å²) < 4.78 is 27.4. The third kappa shape index (κ3) is 3.82. The first kappa shape index (κ1) is 17.0. The second-order valence-corrected chi connectivity index (χ2v) is 5.29. The van der Waals surface area contributed by atoms with Gasteiger partial charge in [-0.1, -0.05) is 6.07 Å². The van der Waals surface area contributed by atoms with Crippen LogP contribution >= 0.6 is 0 Å². The summed E-state index contributed by atoms with van der Waals surface area (Å²) in [4.78, 5) is 16.3. The van der Waals surface area contributed by atoms with E-state index in [9.17, 15) is 13.6 Å². The van der Waals surface area contributed by atoms with Gasteiger partial charge in [0.15, 0.2) is 0 Å². The zero-order chi connectivity index (χ0) is 18.5. The Bertz CT molecular complexity index is 977. The van der Waals surface area contributed by atoms with Gasteiger partial charge in [-0.15, -0.1) is 0 Å². The highest BCUT2D eigenvalue weighted by Crippen LogP contribution is 2.22. The summed E-state index contributed by atoms with van der Waals surface area (Å²) in [5, 5.41) is 14.0. The summed E-state index contributed by atoms with van der Waals surface area (Å²) in [5.41, 5.74) is 0.902. The molecule has 0 bridgehead atoms. The lowest BCUT2D eigenvalue weighted by molar-refractivity contribution is 0.102. The molecule has 3 rings (SSSR count). The van der Waals surface area contributed by atoms with E-state index in [2.05, 4.69) is 15.6 Å². The van der Waals surface area contributed by atoms with Crippen LogP contribution in [0, 0.1) is 23.0 Å². The van der Waals surface area contributed by atoms with Crippen LogP contribution in [0.3, 0.4) is 0 Å². The van der Waals surface area contributed by atoms with Gasteiger partial charge >= 0.3 is 0 Å². The van der Waals surface area contributed by atoms with E-state index in [0.717, 1.165) is 12.1 Å². The Hall–Kier alpha value is -3.79. The van der Waals surface area contributed by atoms with Crippen molar-refractivity contribution in [3.63, 3.8) is 0 Å². The van der Waals surface area contributed by atoms with Crippen LogP contribution in [0.1, 0.15) is 15.9 Å². The number of nitriles is 1. The van der Waals surface area contributed by atoms with Crippen LogP contribution in [-0.4, -0.2) is 10.9 Å². The number of nitrogens with zero attached hydrogens (tertiary/aromatic N) is 2. The normalized spacial score (nSPS) is 10.0. The van der Waals surface area contributed by atoms with E-state index < -0.39 is 17.5 Å². The number of amides is 1. The van der Waals surface area contributed by atoms with E-state index in [4.69, 9.17) is 5.26 Å². The first-order chi connectivity index (χ1) is 12.6. The van der Waals surface area contributed by atoms with E-state index in [-0.39, 0.29) is 17.1 Å². The lowest BCUT2D eigenvalue weighted by atomic mass is 10.2. The quantitative estimate of drug-likeness (QED) is 0.738. The topological polar surface area (TPSA) is 77.8 Å². The van der Waals surface area contributed by atoms with Crippen molar-refractivity contribution in [2.45, 2.75) is 0 Å². The number of nitrogens with one attached hydrogen (secondary N) is 2. The van der Waals surface area contributed by atoms with Crippen LogP contribution in [0.15, 0.2) is 60.8 Å². The molecule has 1 amide bonds. The SMILES string of the molecule is N#Cc1ccc(NC(=O)c2ccnc(Nc3c(F)cccc3F)c2)cc1. The lowest BCUT2D eigenvalue weighted by Gasteiger charge is -2.10. The van der Waals surface area contributed by atoms with Crippen molar-refractivity contribution in [3.05, 3.63) is 83.6 Å². The van der Waals surface area contributed by atoms with Gasteiger partial charge in [0.1, 0.15) is 23.1 Å². The number of carbonyl (C=O) groups is 1. The zero-order valence-corrected chi connectivity index (χ0v) is 13.3. The summed E-state index contributed by atoms with van der Waals surface area (Å²) >= 11 is 0. The van der Waals surface area contributed by atoms with E-state index in [0.29, 0.717) is 11.3 Å². The summed E-state index contributed by atoms with van der Waals surface area (Å²) in [5.74, 6) is -1.82. The molecule has 0 saturated heterocycles. The predicted octanol–water partition coefficient (Wildman–Crippen LogP) is 4.23. The second kappa shape index (κ2) is 7.40. The molecule has 0 saturated carbocycles. The average molecular weight is 350 g/mol. The number of aromatic nitrogens is 1. The zero-order valence-electron chi connectivity index (χ0n) is 13.3. The number of hydrogen-bond acceptors (Lipinski definition) is 4. The van der Waals surface area contributed by atoms with Crippen molar-refractivity contribution in [1.82, 2.24) is 4.98 Å². The molecule has 3 aromatic rings. The van der Waals surface area contributed by atoms with Crippen molar-refractivity contribution in [2.75, 3.05) is 10.6 Å². The molecular formula is C19H12F2N4O. The number of carbonyl (C=O) groups excluding carboxylic acids is 1. The monoisotopic (exact) mass is 350 g/mol. The van der Waals surface area contributed by atoms with Crippen molar-refractivity contribution in [1.29, 1.82) is 5.26 Å². The summed E-state index contributed by atoms with van der Waals surface area (Å²) in [6, 6.07) is 14.7. The van der Waals surface area contributed by atoms with E-state index in [1.165, 1.54) is 24.4 Å². The fourth-order valence-corrected chi connectivity index (χ4v) is 2.22. The van der Waals surface area contributed by atoms with Crippen LogP contribution in [-0.2, 0) is 0 Å². The van der Waals surface area contributed by atoms with E-state index >= 15 is 0 Å². The second-order valence-electron chi connectivity index (χ2n) is 5.29. The Kier molecular flexibility index (Phi) is 4.85. The molecule has 0 aliphatic carbocycles. The number of rotatable bonds is 4. The van der Waals surface area contributed by atoms with E-state index in [1.54, 1.807) is 24.3 Å². The molecule has 1 aromatic heterocycles. The molecule has 0 radical (unpaired) electrons. The molecule has 2 N–H and O–H groups in total. The molecule has 0 aliphatic heterocycles. The van der Waals surface area contributed by atoms with Gasteiger partial charge in [-0.25, -0.2) is 13.8 Å². The van der Waals surface area contributed by atoms with Gasteiger partial charge in [0.05, 0.1) is 11.6 Å². The fourth-order valence-electron chi connectivity index (χ4n) is 2.22. The van der Waals surface area contributed by atoms with Gasteiger partial charge in [-0.05, 0) is 48.5 Å². The van der Waals surface area contributed by atoms with Crippen LogP contribution in [0.4, 0.5) is 26.0 Å². The molecule has 1 heterocycles. The molecule has 0 aliphatic rings. The Morgan fingerprint density at radius 1 is 1.04 bits per heavy atom. The molecule has 7 heteroatoms. The number of anilines is 3. The lowest BCUT2D eigenvalue weighted by Crippen LogP contribution is -2.12. The summed E-state index contributed by atoms with van der Waals surface area (Å²) in [7, 11) is 0. The number of para-hydroxylation sites is 1. The first-order valence-corrected chi connectivity index (χ1v) is 7.55.